The number of fused-ring (bicyclic) bond motifs is 1. The Morgan fingerprint density at radius 1 is 1.14 bits per heavy atom. The standard InChI is InChI=1S/C24H29NO3/c1-27-22-14-19-13-20(24(26)21(19)15-23(22)28-2)12-17-8-10-25(11-9-17)16-18-6-4-3-5-7-18/h3-7,14-15,17,20H,8-13,16H2,1-2H3/i1D3,2D3,8D2,9D2,10D2,11D2,13D2,17D. The minimum atomic E-state index is -3.57. The second-order valence-corrected chi connectivity index (χ2v) is 6.34. The van der Waals surface area contributed by atoms with Crippen molar-refractivity contribution in [1.82, 2.24) is 4.90 Å². The number of piperidine rings is 1. The Hall–Kier alpha value is -2.33. The molecule has 1 saturated heterocycles. The quantitative estimate of drug-likeness (QED) is 0.727. The molecule has 0 saturated carbocycles. The largest absolute Gasteiger partial charge is 0.493 e. The van der Waals surface area contributed by atoms with E-state index in [0.717, 1.165) is 12.1 Å². The fourth-order valence-electron chi connectivity index (χ4n) is 3.11. The van der Waals surface area contributed by atoms with Crippen molar-refractivity contribution in [2.24, 2.45) is 11.8 Å². The van der Waals surface area contributed by atoms with Crippen molar-refractivity contribution in [2.45, 2.75) is 32.1 Å². The van der Waals surface area contributed by atoms with Crippen LogP contribution in [0.4, 0.5) is 0 Å². The molecular weight excluding hydrogens is 350 g/mol. The molecule has 1 aliphatic carbocycles. The van der Waals surface area contributed by atoms with Gasteiger partial charge in [-0.25, -0.2) is 0 Å². The van der Waals surface area contributed by atoms with E-state index in [0.29, 0.717) is 10.5 Å². The number of hydrogen-bond acceptors (Lipinski definition) is 4. The molecule has 4 nitrogen and oxygen atoms in total. The molecule has 0 bridgehead atoms. The van der Waals surface area contributed by atoms with Crippen LogP contribution in [0.3, 0.4) is 0 Å². The van der Waals surface area contributed by atoms with Gasteiger partial charge in [-0.15, -0.1) is 0 Å². The third-order valence-electron chi connectivity index (χ3n) is 4.49. The molecule has 2 aromatic carbocycles. The number of carbonyl (C=O) groups excluding carboxylic acids is 1. The zero-order valence-electron chi connectivity index (χ0n) is 31.7. The van der Waals surface area contributed by atoms with Crippen LogP contribution >= 0.6 is 0 Å². The van der Waals surface area contributed by atoms with E-state index in [1.807, 2.05) is 0 Å². The number of Topliss-reactive ketones (excluding diaryl/α,β-unsaturated/α-hetero) is 1. The van der Waals surface area contributed by atoms with Crippen molar-refractivity contribution in [3.63, 3.8) is 0 Å². The molecule has 1 fully saturated rings. The van der Waals surface area contributed by atoms with E-state index in [1.54, 1.807) is 18.2 Å². The number of likely N-dealkylation sites (tertiary alicyclic amines) is 1. The molecule has 2 aromatic rings. The molecule has 148 valence electrons. The van der Waals surface area contributed by atoms with Gasteiger partial charge in [0.1, 0.15) is 0 Å². The van der Waals surface area contributed by atoms with Gasteiger partial charge >= 0.3 is 0 Å². The average molecular weight is 397 g/mol. The Balaban J connectivity index is 1.83. The molecule has 0 amide bonds. The number of nitrogens with zero attached hydrogens (tertiary/aromatic N) is 1. The van der Waals surface area contributed by atoms with E-state index in [-0.39, 0.29) is 0 Å². The van der Waals surface area contributed by atoms with Crippen LogP contribution in [0.25, 0.3) is 0 Å². The highest BCUT2D eigenvalue weighted by Crippen LogP contribution is 2.39. The summed E-state index contributed by atoms with van der Waals surface area (Å²) >= 11 is 0. The van der Waals surface area contributed by atoms with E-state index in [1.165, 1.54) is 12.1 Å². The van der Waals surface area contributed by atoms with Crippen LogP contribution in [0.5, 0.6) is 11.5 Å². The van der Waals surface area contributed by atoms with Gasteiger partial charge in [0.2, 0.25) is 0 Å². The van der Waals surface area contributed by atoms with Gasteiger partial charge in [-0.1, -0.05) is 30.3 Å². The maximum absolute atomic E-state index is 13.7. The predicted molar refractivity (Wildman–Crippen MR) is 110 cm³/mol. The first-order valence-electron chi connectivity index (χ1n) is 17.0. The lowest BCUT2D eigenvalue weighted by atomic mass is 9.85. The van der Waals surface area contributed by atoms with Crippen molar-refractivity contribution in [2.75, 3.05) is 27.1 Å². The Morgan fingerprint density at radius 2 is 1.86 bits per heavy atom. The molecule has 0 N–H and O–H groups in total. The summed E-state index contributed by atoms with van der Waals surface area (Å²) < 4.78 is 150. The molecule has 4 heteroatoms. The number of rotatable bonds is 6. The van der Waals surface area contributed by atoms with Crippen molar-refractivity contribution in [1.29, 1.82) is 0 Å². The van der Waals surface area contributed by atoms with Gasteiger partial charge < -0.3 is 9.47 Å². The average Bonchev–Trinajstić information content (AvgIpc) is 3.04. The second-order valence-electron chi connectivity index (χ2n) is 6.34. The van der Waals surface area contributed by atoms with Gasteiger partial charge in [0, 0.05) is 33.1 Å². The summed E-state index contributed by atoms with van der Waals surface area (Å²) in [7, 11) is -6.33. The Kier molecular flexibility index (Phi) is 2.24. The first-order chi connectivity index (χ1) is 20.1. The summed E-state index contributed by atoms with van der Waals surface area (Å²) in [4.78, 5) is 14.0. The van der Waals surface area contributed by atoms with Gasteiger partial charge in [-0.05, 0) is 67.7 Å². The monoisotopic (exact) mass is 396 g/mol. The minimum Gasteiger partial charge on any atom is -0.493 e. The molecular formula is C24H29NO3. The summed E-state index contributed by atoms with van der Waals surface area (Å²) in [6, 6.07) is 9.21. The number of hydrogen-bond donors (Lipinski definition) is 0. The molecule has 28 heavy (non-hydrogen) atoms. The second kappa shape index (κ2) is 8.36. The maximum Gasteiger partial charge on any atom is 0.166 e. The summed E-state index contributed by atoms with van der Waals surface area (Å²) in [6.45, 7) is -7.34. The Morgan fingerprint density at radius 3 is 2.57 bits per heavy atom. The van der Waals surface area contributed by atoms with Gasteiger partial charge in [-0.2, -0.15) is 0 Å². The third kappa shape index (κ3) is 3.93. The van der Waals surface area contributed by atoms with E-state index < -0.39 is 99.4 Å². The molecule has 0 spiro atoms. The number of benzene rings is 2. The molecule has 1 unspecified atom stereocenters. The SMILES string of the molecule is [2H]C([2H])([2H])Oc1cc2c(cc1OC([2H])([2H])[2H])C([2H])([2H])C(CC1([2H])C([2H])([2H])C([2H])([2H])N(Cc3ccccc3)C([2H])([2H])C1([2H])[2H])C2=O. The van der Waals surface area contributed by atoms with Gasteiger partial charge in [0.05, 0.1) is 22.3 Å². The molecule has 1 atom stereocenters. The highest BCUT2D eigenvalue weighted by atomic mass is 16.5. The van der Waals surface area contributed by atoms with Crippen LogP contribution in [0, 0.1) is 11.8 Å². The van der Waals surface area contributed by atoms with Crippen LogP contribution in [0.15, 0.2) is 42.5 Å². The van der Waals surface area contributed by atoms with Crippen LogP contribution < -0.4 is 9.47 Å². The van der Waals surface area contributed by atoms with E-state index in [9.17, 15) is 4.79 Å². The molecule has 4 rings (SSSR count). The van der Waals surface area contributed by atoms with Gasteiger partial charge in [-0.3, -0.25) is 9.69 Å². The fourth-order valence-corrected chi connectivity index (χ4v) is 3.11. The van der Waals surface area contributed by atoms with Crippen LogP contribution in [0.1, 0.15) is 64.0 Å². The Labute approximate surface area is 191 Å². The number of ether oxygens (including phenoxy) is 2. The van der Waals surface area contributed by atoms with Crippen molar-refractivity contribution < 1.29 is 37.6 Å². The summed E-state index contributed by atoms with van der Waals surface area (Å²) in [5, 5.41) is 0. The smallest absolute Gasteiger partial charge is 0.166 e. The van der Waals surface area contributed by atoms with Crippen molar-refractivity contribution >= 4 is 5.78 Å². The van der Waals surface area contributed by atoms with Crippen LogP contribution in [0.2, 0.25) is 0 Å². The molecule has 0 aromatic heterocycles. The lowest BCUT2D eigenvalue weighted by Gasteiger charge is -2.32. The molecule has 1 aliphatic heterocycles. The van der Waals surface area contributed by atoms with Crippen molar-refractivity contribution in [3.8, 4) is 11.5 Å². The lowest BCUT2D eigenvalue weighted by molar-refractivity contribution is 0.0895. The van der Waals surface area contributed by atoms with E-state index in [2.05, 4.69) is 0 Å². The van der Waals surface area contributed by atoms with E-state index in [4.69, 9.17) is 32.8 Å². The fraction of sp³-hybridized carbons (Fsp3) is 0.458. The van der Waals surface area contributed by atoms with Crippen molar-refractivity contribution in [3.05, 3.63) is 59.2 Å². The normalized spacial score (nSPS) is 40.2. The topological polar surface area (TPSA) is 38.8 Å². The summed E-state index contributed by atoms with van der Waals surface area (Å²) in [5.41, 5.74) is -0.774. The van der Waals surface area contributed by atoms with Crippen LogP contribution in [-0.4, -0.2) is 37.8 Å². The van der Waals surface area contributed by atoms with E-state index >= 15 is 0 Å². The zero-order valence-corrected chi connectivity index (χ0v) is 14.7. The maximum atomic E-state index is 13.7. The summed E-state index contributed by atoms with van der Waals surface area (Å²) in [6.07, 6.45) is -11.4. The number of ketones is 1. The first kappa shape index (κ1) is 7.49. The first-order valence-corrected chi connectivity index (χ1v) is 8.54. The number of methoxy groups -OCH3 is 2. The summed E-state index contributed by atoms with van der Waals surface area (Å²) in [5.74, 6) is -8.26. The highest BCUT2D eigenvalue weighted by Gasteiger charge is 2.34. The Bertz CT molecular complexity index is 1440. The third-order valence-corrected chi connectivity index (χ3v) is 4.49. The highest BCUT2D eigenvalue weighted by molar-refractivity contribution is 6.02. The minimum absolute atomic E-state index is 0.317. The van der Waals surface area contributed by atoms with Crippen LogP contribution in [-0.2, 0) is 12.9 Å². The molecule has 0 radical (unpaired) electrons. The van der Waals surface area contributed by atoms with Gasteiger partial charge in [0.25, 0.3) is 0 Å². The van der Waals surface area contributed by atoms with Gasteiger partial charge in [0.15, 0.2) is 17.3 Å². The molecule has 2 aliphatic rings. The zero-order chi connectivity index (χ0) is 34.4. The predicted octanol–water partition coefficient (Wildman–Crippen LogP) is 4.36. The number of carbonyl (C=O) groups is 1. The molecule has 1 heterocycles. The lowest BCUT2D eigenvalue weighted by Crippen LogP contribution is -2.34.